The molecule has 1 fully saturated rings. The van der Waals surface area contributed by atoms with Crippen molar-refractivity contribution in [1.82, 2.24) is 5.32 Å². The number of carbonyl (C=O) groups is 2. The van der Waals surface area contributed by atoms with Crippen LogP contribution in [0.3, 0.4) is 0 Å². The Morgan fingerprint density at radius 2 is 1.90 bits per heavy atom. The predicted octanol–water partition coefficient (Wildman–Crippen LogP) is 1.72. The molecule has 1 aliphatic carbocycles. The van der Waals surface area contributed by atoms with Gasteiger partial charge in [-0.15, -0.1) is 0 Å². The Kier molecular flexibility index (Phi) is 4.67. The molecule has 1 aromatic rings. The molecule has 114 valence electrons. The summed E-state index contributed by atoms with van der Waals surface area (Å²) in [4.78, 5) is 23.2. The third kappa shape index (κ3) is 3.45. The van der Waals surface area contributed by atoms with Crippen LogP contribution in [-0.2, 0) is 4.79 Å². The second-order valence-corrected chi connectivity index (χ2v) is 5.37. The second-order valence-electron chi connectivity index (χ2n) is 5.37. The molecule has 6 nitrogen and oxygen atoms in total. The van der Waals surface area contributed by atoms with Crippen molar-refractivity contribution in [2.75, 3.05) is 6.54 Å². The predicted molar refractivity (Wildman–Crippen MR) is 75.2 cm³/mol. The molecule has 1 aliphatic rings. The molecule has 2 rings (SSSR count). The number of carboxylic acid groups (broad SMARTS) is 1. The van der Waals surface area contributed by atoms with Crippen LogP contribution < -0.4 is 5.32 Å². The van der Waals surface area contributed by atoms with Gasteiger partial charge in [-0.05, 0) is 30.9 Å². The van der Waals surface area contributed by atoms with Crippen molar-refractivity contribution in [3.05, 3.63) is 23.8 Å². The van der Waals surface area contributed by atoms with Crippen molar-refractivity contribution in [3.8, 4) is 11.5 Å². The van der Waals surface area contributed by atoms with Crippen LogP contribution in [0.2, 0.25) is 0 Å². The molecular formula is C15H19NO5. The normalized spacial score (nSPS) is 21.7. The molecule has 2 atom stereocenters. The first-order valence-electron chi connectivity index (χ1n) is 7.02. The van der Waals surface area contributed by atoms with Crippen molar-refractivity contribution in [3.63, 3.8) is 0 Å². The van der Waals surface area contributed by atoms with Gasteiger partial charge in [0, 0.05) is 6.54 Å². The maximum Gasteiger partial charge on any atom is 0.306 e. The minimum Gasteiger partial charge on any atom is -0.504 e. The number of phenolic OH excluding ortho intramolecular Hbond substituents is 2. The average molecular weight is 293 g/mol. The molecule has 6 heteroatoms. The quantitative estimate of drug-likeness (QED) is 0.632. The molecule has 0 heterocycles. The summed E-state index contributed by atoms with van der Waals surface area (Å²) >= 11 is 0. The number of aliphatic carboxylic acids is 1. The first kappa shape index (κ1) is 15.2. The van der Waals surface area contributed by atoms with Gasteiger partial charge < -0.3 is 20.6 Å². The maximum atomic E-state index is 12.0. The van der Waals surface area contributed by atoms with E-state index in [1.54, 1.807) is 0 Å². The van der Waals surface area contributed by atoms with E-state index in [4.69, 9.17) is 0 Å². The molecule has 1 amide bonds. The zero-order valence-corrected chi connectivity index (χ0v) is 11.6. The Morgan fingerprint density at radius 1 is 1.19 bits per heavy atom. The summed E-state index contributed by atoms with van der Waals surface area (Å²) in [6.07, 6.45) is 3.26. The lowest BCUT2D eigenvalue weighted by Crippen LogP contribution is -2.37. The lowest BCUT2D eigenvalue weighted by molar-refractivity contribution is -0.144. The lowest BCUT2D eigenvalue weighted by Gasteiger charge is -2.28. The van der Waals surface area contributed by atoms with E-state index < -0.39 is 23.5 Å². The van der Waals surface area contributed by atoms with Crippen LogP contribution in [-0.4, -0.2) is 33.7 Å². The summed E-state index contributed by atoms with van der Waals surface area (Å²) < 4.78 is 0. The summed E-state index contributed by atoms with van der Waals surface area (Å²) in [5.41, 5.74) is -0.0160. The third-order valence-corrected chi connectivity index (χ3v) is 4.01. The van der Waals surface area contributed by atoms with Crippen LogP contribution in [0.25, 0.3) is 0 Å². The minimum atomic E-state index is -0.825. The fourth-order valence-corrected chi connectivity index (χ4v) is 2.81. The van der Waals surface area contributed by atoms with Gasteiger partial charge in [0.05, 0.1) is 11.5 Å². The van der Waals surface area contributed by atoms with Crippen LogP contribution in [0.4, 0.5) is 0 Å². The molecular weight excluding hydrogens is 274 g/mol. The van der Waals surface area contributed by atoms with E-state index in [0.29, 0.717) is 6.42 Å². The maximum absolute atomic E-state index is 12.0. The van der Waals surface area contributed by atoms with Crippen molar-refractivity contribution in [1.29, 1.82) is 0 Å². The number of rotatable bonds is 4. The van der Waals surface area contributed by atoms with Gasteiger partial charge in [0.25, 0.3) is 5.91 Å². The van der Waals surface area contributed by atoms with Crippen LogP contribution in [0.5, 0.6) is 11.5 Å². The Balaban J connectivity index is 2.00. The third-order valence-electron chi connectivity index (χ3n) is 4.01. The zero-order valence-electron chi connectivity index (χ0n) is 11.6. The van der Waals surface area contributed by atoms with E-state index in [9.17, 15) is 24.9 Å². The van der Waals surface area contributed by atoms with Crippen LogP contribution in [0.1, 0.15) is 36.0 Å². The van der Waals surface area contributed by atoms with E-state index in [0.717, 1.165) is 19.3 Å². The number of aromatic hydroxyl groups is 2. The number of carboxylic acids is 1. The molecule has 0 bridgehead atoms. The minimum absolute atomic E-state index is 0.0160. The van der Waals surface area contributed by atoms with Crippen LogP contribution in [0.15, 0.2) is 18.2 Å². The fraction of sp³-hybridized carbons (Fsp3) is 0.467. The number of hydrogen-bond donors (Lipinski definition) is 4. The summed E-state index contributed by atoms with van der Waals surface area (Å²) in [6.45, 7) is 0.255. The van der Waals surface area contributed by atoms with Gasteiger partial charge in [-0.1, -0.05) is 18.9 Å². The first-order chi connectivity index (χ1) is 10.0. The fourth-order valence-electron chi connectivity index (χ4n) is 2.81. The molecule has 0 aliphatic heterocycles. The van der Waals surface area contributed by atoms with Crippen molar-refractivity contribution >= 4 is 11.9 Å². The highest BCUT2D eigenvalue weighted by Gasteiger charge is 2.31. The van der Waals surface area contributed by atoms with E-state index in [-0.39, 0.29) is 23.8 Å². The monoisotopic (exact) mass is 293 g/mol. The summed E-state index contributed by atoms with van der Waals surface area (Å²) in [5, 5.41) is 30.8. The number of carbonyl (C=O) groups excluding carboxylic acids is 1. The number of amides is 1. The molecule has 1 saturated carbocycles. The standard InChI is InChI=1S/C15H19NO5/c17-12-7-3-6-11(13(12)18)14(19)16-8-9-4-1-2-5-10(9)15(20)21/h3,6-7,9-10,17-18H,1-2,4-5,8H2,(H,16,19)(H,20,21). The largest absolute Gasteiger partial charge is 0.504 e. The van der Waals surface area contributed by atoms with Crippen LogP contribution in [0, 0.1) is 11.8 Å². The topological polar surface area (TPSA) is 107 Å². The van der Waals surface area contributed by atoms with Crippen molar-refractivity contribution in [2.45, 2.75) is 25.7 Å². The molecule has 0 radical (unpaired) electrons. The van der Waals surface area contributed by atoms with Gasteiger partial charge in [-0.25, -0.2) is 0 Å². The Bertz CT molecular complexity index is 543. The number of para-hydroxylation sites is 1. The van der Waals surface area contributed by atoms with E-state index in [2.05, 4.69) is 5.32 Å². The average Bonchev–Trinajstić information content (AvgIpc) is 2.47. The molecule has 4 N–H and O–H groups in total. The number of benzene rings is 1. The van der Waals surface area contributed by atoms with Gasteiger partial charge in [0.1, 0.15) is 0 Å². The molecule has 2 unspecified atom stereocenters. The molecule has 21 heavy (non-hydrogen) atoms. The SMILES string of the molecule is O=C(NCC1CCCCC1C(=O)O)c1cccc(O)c1O. The number of hydrogen-bond acceptors (Lipinski definition) is 4. The summed E-state index contributed by atoms with van der Waals surface area (Å²) in [5.74, 6) is -2.69. The highest BCUT2D eigenvalue weighted by Crippen LogP contribution is 2.31. The molecule has 0 saturated heterocycles. The second kappa shape index (κ2) is 6.47. The molecule has 0 aromatic heterocycles. The van der Waals surface area contributed by atoms with Gasteiger partial charge in [0.15, 0.2) is 11.5 Å². The smallest absolute Gasteiger partial charge is 0.306 e. The van der Waals surface area contributed by atoms with Gasteiger partial charge >= 0.3 is 5.97 Å². The highest BCUT2D eigenvalue weighted by atomic mass is 16.4. The number of phenols is 2. The van der Waals surface area contributed by atoms with Gasteiger partial charge in [-0.2, -0.15) is 0 Å². The van der Waals surface area contributed by atoms with Gasteiger partial charge in [0.2, 0.25) is 0 Å². The van der Waals surface area contributed by atoms with Gasteiger partial charge in [-0.3, -0.25) is 9.59 Å². The molecule has 1 aromatic carbocycles. The summed E-state index contributed by atoms with van der Waals surface area (Å²) in [6, 6.07) is 4.15. The van der Waals surface area contributed by atoms with Crippen molar-refractivity contribution in [2.24, 2.45) is 11.8 Å². The van der Waals surface area contributed by atoms with E-state index in [1.165, 1.54) is 18.2 Å². The van der Waals surface area contributed by atoms with Crippen LogP contribution >= 0.6 is 0 Å². The first-order valence-corrected chi connectivity index (χ1v) is 7.02. The summed E-state index contributed by atoms with van der Waals surface area (Å²) in [7, 11) is 0. The van der Waals surface area contributed by atoms with E-state index >= 15 is 0 Å². The number of nitrogens with one attached hydrogen (secondary N) is 1. The Hall–Kier alpha value is -2.24. The van der Waals surface area contributed by atoms with E-state index in [1.807, 2.05) is 0 Å². The highest BCUT2D eigenvalue weighted by molar-refractivity contribution is 5.97. The van der Waals surface area contributed by atoms with Crippen molar-refractivity contribution < 1.29 is 24.9 Å². The zero-order chi connectivity index (χ0) is 15.4. The lowest BCUT2D eigenvalue weighted by atomic mass is 9.79. The Morgan fingerprint density at radius 3 is 2.62 bits per heavy atom. The molecule has 0 spiro atoms. The Labute approximate surface area is 122 Å².